The zero-order chi connectivity index (χ0) is 24.9. The van der Waals surface area contributed by atoms with Crippen molar-refractivity contribution in [2.24, 2.45) is 0 Å². The molecule has 0 aromatic heterocycles. The van der Waals surface area contributed by atoms with Gasteiger partial charge in [-0.25, -0.2) is 9.59 Å². The summed E-state index contributed by atoms with van der Waals surface area (Å²) in [4.78, 5) is 36.5. The molecule has 0 radical (unpaired) electrons. The Balaban J connectivity index is 1.35. The minimum Gasteiger partial charge on any atom is -0.478 e. The number of amides is 2. The number of hydrogen-bond donors (Lipinski definition) is 3. The Morgan fingerprint density at radius 2 is 1.57 bits per heavy atom. The fourth-order valence-electron chi connectivity index (χ4n) is 4.53. The van der Waals surface area contributed by atoms with E-state index in [1.165, 1.54) is 6.07 Å². The van der Waals surface area contributed by atoms with Crippen molar-refractivity contribution in [3.63, 3.8) is 0 Å². The lowest BCUT2D eigenvalue weighted by atomic mass is 9.98. The Bertz CT molecular complexity index is 1220. The third-order valence-corrected chi connectivity index (χ3v) is 6.43. The van der Waals surface area contributed by atoms with E-state index in [0.717, 1.165) is 22.3 Å². The predicted octanol–water partition coefficient (Wildman–Crippen LogP) is 5.34. The van der Waals surface area contributed by atoms with Gasteiger partial charge in [-0.3, -0.25) is 4.79 Å². The van der Waals surface area contributed by atoms with Crippen molar-refractivity contribution in [2.45, 2.75) is 38.6 Å². The van der Waals surface area contributed by atoms with Crippen LogP contribution in [0.25, 0.3) is 11.1 Å². The molecule has 1 atom stereocenters. The number of nitrogens with one attached hydrogen (secondary N) is 2. The van der Waals surface area contributed by atoms with Crippen LogP contribution >= 0.6 is 0 Å². The van der Waals surface area contributed by atoms with Gasteiger partial charge in [0.15, 0.2) is 0 Å². The smallest absolute Gasteiger partial charge is 0.407 e. The number of fused-ring (bicyclic) bond motifs is 3. The maximum atomic E-state index is 12.6. The Morgan fingerprint density at radius 1 is 0.943 bits per heavy atom. The van der Waals surface area contributed by atoms with Crippen molar-refractivity contribution in [3.8, 4) is 11.1 Å². The second kappa shape index (κ2) is 10.4. The monoisotopic (exact) mass is 472 g/mol. The molecular weight excluding hydrogens is 444 g/mol. The summed E-state index contributed by atoms with van der Waals surface area (Å²) in [5.41, 5.74) is 5.62. The summed E-state index contributed by atoms with van der Waals surface area (Å²) in [7, 11) is 0. The first kappa shape index (κ1) is 24.0. The van der Waals surface area contributed by atoms with Gasteiger partial charge >= 0.3 is 12.1 Å². The van der Waals surface area contributed by atoms with E-state index in [2.05, 4.69) is 34.9 Å². The number of hydrogen-bond acceptors (Lipinski definition) is 4. The SMILES string of the molecule is CCC(CC(=O)Nc1cccc(C(=O)O)c1C)NC(=O)OCC1c2ccccc2-c2ccccc21. The molecule has 0 aliphatic heterocycles. The molecule has 0 spiro atoms. The van der Waals surface area contributed by atoms with Crippen LogP contribution in [0.1, 0.15) is 52.7 Å². The summed E-state index contributed by atoms with van der Waals surface area (Å²) in [6, 6.07) is 20.5. The van der Waals surface area contributed by atoms with Gasteiger partial charge in [-0.15, -0.1) is 0 Å². The van der Waals surface area contributed by atoms with Gasteiger partial charge in [-0.1, -0.05) is 61.5 Å². The first-order valence-corrected chi connectivity index (χ1v) is 11.6. The lowest BCUT2D eigenvalue weighted by molar-refractivity contribution is -0.116. The minimum atomic E-state index is -1.05. The van der Waals surface area contributed by atoms with Gasteiger partial charge < -0.3 is 20.5 Å². The number of aromatic carboxylic acids is 1. The van der Waals surface area contributed by atoms with Crippen LogP contribution in [0.2, 0.25) is 0 Å². The van der Waals surface area contributed by atoms with Gasteiger partial charge in [0.2, 0.25) is 5.91 Å². The van der Waals surface area contributed by atoms with E-state index in [1.54, 1.807) is 19.1 Å². The summed E-state index contributed by atoms with van der Waals surface area (Å²) in [6.07, 6.45) is -0.000932. The Morgan fingerprint density at radius 3 is 2.17 bits per heavy atom. The van der Waals surface area contributed by atoms with E-state index in [1.807, 2.05) is 31.2 Å². The topological polar surface area (TPSA) is 105 Å². The van der Waals surface area contributed by atoms with Gasteiger partial charge in [-0.2, -0.15) is 0 Å². The molecule has 0 fully saturated rings. The molecule has 1 unspecified atom stereocenters. The second-order valence-electron chi connectivity index (χ2n) is 8.61. The predicted molar refractivity (Wildman–Crippen MR) is 134 cm³/mol. The highest BCUT2D eigenvalue weighted by atomic mass is 16.5. The molecule has 0 saturated heterocycles. The largest absolute Gasteiger partial charge is 0.478 e. The molecule has 3 aromatic rings. The number of carbonyl (C=O) groups excluding carboxylic acids is 2. The quantitative estimate of drug-likeness (QED) is 0.411. The van der Waals surface area contributed by atoms with Gasteiger partial charge in [-0.05, 0) is 53.3 Å². The van der Waals surface area contributed by atoms with Crippen LogP contribution < -0.4 is 10.6 Å². The third kappa shape index (κ3) is 5.19. The van der Waals surface area contributed by atoms with Crippen molar-refractivity contribution < 1.29 is 24.2 Å². The number of rotatable bonds is 8. The van der Waals surface area contributed by atoms with E-state index in [4.69, 9.17) is 4.74 Å². The average Bonchev–Trinajstić information content (AvgIpc) is 3.17. The highest BCUT2D eigenvalue weighted by Gasteiger charge is 2.29. The number of anilines is 1. The van der Waals surface area contributed by atoms with Crippen molar-refractivity contribution in [3.05, 3.63) is 89.0 Å². The first-order valence-electron chi connectivity index (χ1n) is 11.6. The Labute approximate surface area is 204 Å². The number of carboxylic acid groups (broad SMARTS) is 1. The van der Waals surface area contributed by atoms with E-state index >= 15 is 0 Å². The van der Waals surface area contributed by atoms with Crippen LogP contribution in [0.5, 0.6) is 0 Å². The Kier molecular flexibility index (Phi) is 7.15. The summed E-state index contributed by atoms with van der Waals surface area (Å²) >= 11 is 0. The van der Waals surface area contributed by atoms with Crippen LogP contribution in [0.4, 0.5) is 10.5 Å². The highest BCUT2D eigenvalue weighted by Crippen LogP contribution is 2.44. The standard InChI is InChI=1S/C28H28N2O5/c1-3-18(15-26(31)30-25-14-8-13-19(17(25)2)27(32)33)29-28(34)35-16-24-22-11-6-4-9-20(22)21-10-5-7-12-23(21)24/h4-14,18,24H,3,15-16H2,1-2H3,(H,29,34)(H,30,31)(H,32,33). The van der Waals surface area contributed by atoms with Gasteiger partial charge in [0.1, 0.15) is 6.61 Å². The van der Waals surface area contributed by atoms with Crippen LogP contribution in [0.15, 0.2) is 66.7 Å². The molecule has 3 aromatic carbocycles. The molecule has 1 aliphatic carbocycles. The van der Waals surface area contributed by atoms with Crippen molar-refractivity contribution in [1.29, 1.82) is 0 Å². The van der Waals surface area contributed by atoms with Crippen LogP contribution in [-0.4, -0.2) is 35.7 Å². The average molecular weight is 473 g/mol. The van der Waals surface area contributed by atoms with Gasteiger partial charge in [0.25, 0.3) is 0 Å². The van der Waals surface area contributed by atoms with Crippen LogP contribution in [0, 0.1) is 6.92 Å². The zero-order valence-corrected chi connectivity index (χ0v) is 19.7. The summed E-state index contributed by atoms with van der Waals surface area (Å²) in [5.74, 6) is -1.41. The minimum absolute atomic E-state index is 0.0391. The number of alkyl carbamates (subject to hydrolysis) is 1. The zero-order valence-electron chi connectivity index (χ0n) is 19.7. The van der Waals surface area contributed by atoms with Crippen molar-refractivity contribution >= 4 is 23.7 Å². The lowest BCUT2D eigenvalue weighted by Gasteiger charge is -2.19. The molecule has 180 valence electrons. The molecule has 0 bridgehead atoms. The molecule has 2 amide bonds. The normalized spacial score (nSPS) is 12.9. The summed E-state index contributed by atoms with van der Waals surface area (Å²) in [5, 5.41) is 14.8. The second-order valence-corrected chi connectivity index (χ2v) is 8.61. The molecular formula is C28H28N2O5. The number of carbonyl (C=O) groups is 3. The Hall–Kier alpha value is -4.13. The van der Waals surface area contributed by atoms with E-state index in [-0.39, 0.29) is 30.4 Å². The highest BCUT2D eigenvalue weighted by molar-refractivity contribution is 5.96. The number of benzene rings is 3. The number of carboxylic acids is 1. The molecule has 0 saturated carbocycles. The fraction of sp³-hybridized carbons (Fsp3) is 0.250. The molecule has 0 heterocycles. The van der Waals surface area contributed by atoms with E-state index < -0.39 is 18.1 Å². The molecule has 1 aliphatic rings. The summed E-state index contributed by atoms with van der Waals surface area (Å²) in [6.45, 7) is 3.72. The van der Waals surface area contributed by atoms with Crippen LogP contribution in [-0.2, 0) is 9.53 Å². The molecule has 35 heavy (non-hydrogen) atoms. The maximum absolute atomic E-state index is 12.6. The molecule has 7 heteroatoms. The third-order valence-electron chi connectivity index (χ3n) is 6.43. The summed E-state index contributed by atoms with van der Waals surface area (Å²) < 4.78 is 5.59. The van der Waals surface area contributed by atoms with Gasteiger partial charge in [0, 0.05) is 24.1 Å². The van der Waals surface area contributed by atoms with Crippen molar-refractivity contribution in [2.75, 3.05) is 11.9 Å². The molecule has 7 nitrogen and oxygen atoms in total. The first-order chi connectivity index (χ1) is 16.9. The lowest BCUT2D eigenvalue weighted by Crippen LogP contribution is -2.38. The van der Waals surface area contributed by atoms with Crippen molar-refractivity contribution in [1.82, 2.24) is 5.32 Å². The molecule has 3 N–H and O–H groups in total. The van der Waals surface area contributed by atoms with Crippen LogP contribution in [0.3, 0.4) is 0 Å². The fourth-order valence-corrected chi connectivity index (χ4v) is 4.53. The van der Waals surface area contributed by atoms with E-state index in [9.17, 15) is 19.5 Å². The van der Waals surface area contributed by atoms with Gasteiger partial charge in [0.05, 0.1) is 5.56 Å². The maximum Gasteiger partial charge on any atom is 0.407 e. The number of ether oxygens (including phenoxy) is 1. The van der Waals surface area contributed by atoms with E-state index in [0.29, 0.717) is 17.7 Å². The molecule has 4 rings (SSSR count).